The topological polar surface area (TPSA) is 58.9 Å². The molecule has 0 aliphatic heterocycles. The monoisotopic (exact) mass is 331 g/mol. The highest BCUT2D eigenvalue weighted by atomic mass is 16.5. The van der Waals surface area contributed by atoms with E-state index in [0.717, 1.165) is 18.4 Å². The van der Waals surface area contributed by atoms with Crippen LogP contribution in [-0.2, 0) is 20.4 Å². The number of oxime groups is 1. The predicted molar refractivity (Wildman–Crippen MR) is 95.9 cm³/mol. The Kier molecular flexibility index (Phi) is 5.36. The summed E-state index contributed by atoms with van der Waals surface area (Å²) >= 11 is 0. The second-order valence-electron chi connectivity index (χ2n) is 7.85. The molecule has 0 fully saturated rings. The smallest absolute Gasteiger partial charge is 0.306 e. The highest BCUT2D eigenvalue weighted by molar-refractivity contribution is 6.03. The highest BCUT2D eigenvalue weighted by Crippen LogP contribution is 2.47. The minimum Gasteiger partial charge on any atom is -0.466 e. The number of carbonyl (C=O) groups excluding carboxylic acids is 1. The van der Waals surface area contributed by atoms with Crippen LogP contribution >= 0.6 is 0 Å². The summed E-state index contributed by atoms with van der Waals surface area (Å²) in [6.45, 7) is 11.2. The molecule has 0 unspecified atom stereocenters. The first-order chi connectivity index (χ1) is 11.2. The fourth-order valence-electron chi connectivity index (χ4n) is 3.66. The summed E-state index contributed by atoms with van der Waals surface area (Å²) < 4.78 is 4.98. The molecule has 0 heterocycles. The van der Waals surface area contributed by atoms with Crippen LogP contribution in [0.4, 0.5) is 0 Å². The average molecular weight is 331 g/mol. The van der Waals surface area contributed by atoms with Gasteiger partial charge in [0.05, 0.1) is 18.7 Å². The van der Waals surface area contributed by atoms with E-state index in [1.165, 1.54) is 11.1 Å². The Hall–Kier alpha value is -1.84. The number of fused-ring (bicyclic) bond motifs is 1. The van der Waals surface area contributed by atoms with Crippen LogP contribution in [0.2, 0.25) is 0 Å². The zero-order valence-corrected chi connectivity index (χ0v) is 15.5. The van der Waals surface area contributed by atoms with Gasteiger partial charge in [0.2, 0.25) is 0 Å². The molecule has 1 aromatic carbocycles. The SMILES string of the molecule is CCOC(=O)CC/C(=N\O)c1cccc2c1C(C)(C)CCC2(C)C. The number of hydrogen-bond donors (Lipinski definition) is 1. The Labute approximate surface area is 144 Å². The van der Waals surface area contributed by atoms with Crippen molar-refractivity contribution in [3.63, 3.8) is 0 Å². The molecule has 0 amide bonds. The summed E-state index contributed by atoms with van der Waals surface area (Å²) in [4.78, 5) is 11.7. The largest absolute Gasteiger partial charge is 0.466 e. The van der Waals surface area contributed by atoms with Crippen LogP contribution in [0.1, 0.15) is 77.0 Å². The molecule has 4 heteroatoms. The molecule has 0 saturated carbocycles. The summed E-state index contributed by atoms with van der Waals surface area (Å²) in [7, 11) is 0. The molecule has 1 aliphatic rings. The predicted octanol–water partition coefficient (Wildman–Crippen LogP) is 4.56. The summed E-state index contributed by atoms with van der Waals surface area (Å²) in [6, 6.07) is 6.20. The van der Waals surface area contributed by atoms with Gasteiger partial charge in [-0.05, 0) is 41.7 Å². The van der Waals surface area contributed by atoms with Crippen molar-refractivity contribution in [1.29, 1.82) is 0 Å². The molecule has 0 bridgehead atoms. The average Bonchev–Trinajstić information content (AvgIpc) is 2.53. The van der Waals surface area contributed by atoms with Crippen LogP contribution in [0, 0.1) is 0 Å². The van der Waals surface area contributed by atoms with Gasteiger partial charge in [0.1, 0.15) is 0 Å². The van der Waals surface area contributed by atoms with Gasteiger partial charge in [0.25, 0.3) is 0 Å². The van der Waals surface area contributed by atoms with Gasteiger partial charge in [-0.1, -0.05) is 51.0 Å². The molecular weight excluding hydrogens is 302 g/mol. The number of nitrogens with zero attached hydrogens (tertiary/aromatic N) is 1. The first kappa shape index (κ1) is 18.5. The number of ether oxygens (including phenoxy) is 1. The maximum absolute atomic E-state index is 11.7. The van der Waals surface area contributed by atoms with Crippen LogP contribution in [-0.4, -0.2) is 23.5 Å². The lowest BCUT2D eigenvalue weighted by molar-refractivity contribution is -0.142. The number of carbonyl (C=O) groups is 1. The van der Waals surface area contributed by atoms with Crippen molar-refractivity contribution in [3.05, 3.63) is 34.9 Å². The van der Waals surface area contributed by atoms with Crippen LogP contribution in [0.25, 0.3) is 0 Å². The van der Waals surface area contributed by atoms with Crippen LogP contribution in [0.15, 0.2) is 23.4 Å². The molecule has 0 atom stereocenters. The first-order valence-electron chi connectivity index (χ1n) is 8.74. The standard InChI is InChI=1S/C20H29NO3/c1-6-24-17(22)11-10-16(21-23)14-8-7-9-15-18(14)20(4,5)13-12-19(15,2)3/h7-9,23H,6,10-13H2,1-5H3/b21-16+. The zero-order chi connectivity index (χ0) is 18.0. The fraction of sp³-hybridized carbons (Fsp3) is 0.600. The van der Waals surface area contributed by atoms with Crippen LogP contribution in [0.5, 0.6) is 0 Å². The maximum Gasteiger partial charge on any atom is 0.306 e. The van der Waals surface area contributed by atoms with E-state index in [4.69, 9.17) is 4.74 Å². The van der Waals surface area contributed by atoms with Crippen molar-refractivity contribution in [2.24, 2.45) is 5.16 Å². The second-order valence-corrected chi connectivity index (χ2v) is 7.85. The molecule has 0 spiro atoms. The van der Waals surface area contributed by atoms with E-state index in [9.17, 15) is 10.0 Å². The minimum atomic E-state index is -0.261. The Morgan fingerprint density at radius 3 is 2.46 bits per heavy atom. The van der Waals surface area contributed by atoms with Gasteiger partial charge in [-0.3, -0.25) is 4.79 Å². The van der Waals surface area contributed by atoms with Crippen molar-refractivity contribution in [1.82, 2.24) is 0 Å². The van der Waals surface area contributed by atoms with Gasteiger partial charge in [-0.2, -0.15) is 0 Å². The van der Waals surface area contributed by atoms with Gasteiger partial charge in [-0.25, -0.2) is 0 Å². The van der Waals surface area contributed by atoms with E-state index in [2.05, 4.69) is 38.9 Å². The minimum absolute atomic E-state index is 0.0152. The summed E-state index contributed by atoms with van der Waals surface area (Å²) in [5.74, 6) is -0.261. The molecule has 24 heavy (non-hydrogen) atoms. The Morgan fingerprint density at radius 2 is 1.83 bits per heavy atom. The van der Waals surface area contributed by atoms with Crippen molar-refractivity contribution in [3.8, 4) is 0 Å². The number of hydrogen-bond acceptors (Lipinski definition) is 4. The molecule has 0 saturated heterocycles. The summed E-state index contributed by atoms with van der Waals surface area (Å²) in [5.41, 5.74) is 4.19. The van der Waals surface area contributed by atoms with Crippen molar-refractivity contribution >= 4 is 11.7 Å². The molecule has 0 radical (unpaired) electrons. The van der Waals surface area contributed by atoms with E-state index in [0.29, 0.717) is 18.7 Å². The van der Waals surface area contributed by atoms with Gasteiger partial charge >= 0.3 is 5.97 Å². The molecule has 132 valence electrons. The molecule has 4 nitrogen and oxygen atoms in total. The lowest BCUT2D eigenvalue weighted by atomic mass is 9.61. The Morgan fingerprint density at radius 1 is 1.17 bits per heavy atom. The Balaban J connectivity index is 2.42. The van der Waals surface area contributed by atoms with E-state index in [1.54, 1.807) is 6.92 Å². The highest BCUT2D eigenvalue weighted by Gasteiger charge is 2.39. The summed E-state index contributed by atoms with van der Waals surface area (Å²) in [5, 5.41) is 13.1. The number of rotatable bonds is 5. The van der Waals surface area contributed by atoms with E-state index >= 15 is 0 Å². The third-order valence-corrected chi connectivity index (χ3v) is 5.15. The Bertz CT molecular complexity index is 644. The van der Waals surface area contributed by atoms with E-state index in [-0.39, 0.29) is 23.2 Å². The van der Waals surface area contributed by atoms with Crippen LogP contribution in [0.3, 0.4) is 0 Å². The normalized spacial score (nSPS) is 18.8. The zero-order valence-electron chi connectivity index (χ0n) is 15.5. The van der Waals surface area contributed by atoms with Crippen LogP contribution < -0.4 is 0 Å². The number of benzene rings is 1. The second kappa shape index (κ2) is 6.96. The van der Waals surface area contributed by atoms with E-state index in [1.807, 2.05) is 12.1 Å². The maximum atomic E-state index is 11.7. The first-order valence-corrected chi connectivity index (χ1v) is 8.74. The van der Waals surface area contributed by atoms with E-state index < -0.39 is 0 Å². The van der Waals surface area contributed by atoms with Gasteiger partial charge < -0.3 is 9.94 Å². The lowest BCUT2D eigenvalue weighted by Crippen LogP contribution is -2.35. The molecule has 1 aromatic rings. The molecule has 0 aromatic heterocycles. The summed E-state index contributed by atoms with van der Waals surface area (Å²) in [6.07, 6.45) is 2.81. The third kappa shape index (κ3) is 3.63. The van der Waals surface area contributed by atoms with Gasteiger partial charge in [-0.15, -0.1) is 0 Å². The molecule has 1 N–H and O–H groups in total. The fourth-order valence-corrected chi connectivity index (χ4v) is 3.66. The van der Waals surface area contributed by atoms with Crippen molar-refractivity contribution in [2.75, 3.05) is 6.61 Å². The quantitative estimate of drug-likeness (QED) is 0.372. The lowest BCUT2D eigenvalue weighted by Gasteiger charge is -2.43. The van der Waals surface area contributed by atoms with Crippen molar-refractivity contribution < 1.29 is 14.7 Å². The molecule has 1 aliphatic carbocycles. The molecular formula is C20H29NO3. The third-order valence-electron chi connectivity index (χ3n) is 5.15. The molecule has 2 rings (SSSR count). The van der Waals surface area contributed by atoms with Crippen molar-refractivity contribution in [2.45, 2.75) is 71.1 Å². The number of esters is 1. The van der Waals surface area contributed by atoms with Gasteiger partial charge in [0.15, 0.2) is 0 Å². The van der Waals surface area contributed by atoms with Gasteiger partial charge in [0, 0.05) is 12.0 Å².